The van der Waals surface area contributed by atoms with Crippen LogP contribution in [0.5, 0.6) is 0 Å². The number of nitrogens with zero attached hydrogens (tertiary/aromatic N) is 2. The predicted molar refractivity (Wildman–Crippen MR) is 92.2 cm³/mol. The Labute approximate surface area is 141 Å². The minimum absolute atomic E-state index is 0.0277. The van der Waals surface area contributed by atoms with Crippen LogP contribution in [0.2, 0.25) is 0 Å². The van der Waals surface area contributed by atoms with Gasteiger partial charge in [0.2, 0.25) is 11.8 Å². The SMILES string of the molecule is O=C1CN(CCC(=O)Nc2ccc(N3CCOCC3)cc2)CCN1. The van der Waals surface area contributed by atoms with E-state index in [2.05, 4.69) is 15.5 Å². The van der Waals surface area contributed by atoms with Gasteiger partial charge in [0.1, 0.15) is 0 Å². The summed E-state index contributed by atoms with van der Waals surface area (Å²) in [5.41, 5.74) is 1.95. The molecule has 0 radical (unpaired) electrons. The average molecular weight is 332 g/mol. The smallest absolute Gasteiger partial charge is 0.234 e. The van der Waals surface area contributed by atoms with Crippen molar-refractivity contribution >= 4 is 23.2 Å². The molecule has 1 aromatic rings. The van der Waals surface area contributed by atoms with Crippen LogP contribution >= 0.6 is 0 Å². The molecule has 0 atom stereocenters. The van der Waals surface area contributed by atoms with Crippen LogP contribution in [0.1, 0.15) is 6.42 Å². The second-order valence-corrected chi connectivity index (χ2v) is 6.07. The zero-order valence-corrected chi connectivity index (χ0v) is 13.8. The van der Waals surface area contributed by atoms with Crippen LogP contribution in [-0.4, -0.2) is 69.2 Å². The molecule has 130 valence electrons. The first-order chi connectivity index (χ1) is 11.7. The van der Waals surface area contributed by atoms with Crippen molar-refractivity contribution in [1.82, 2.24) is 10.2 Å². The lowest BCUT2D eigenvalue weighted by molar-refractivity contribution is -0.125. The molecule has 2 aliphatic heterocycles. The van der Waals surface area contributed by atoms with Crippen molar-refractivity contribution < 1.29 is 14.3 Å². The number of benzene rings is 1. The number of hydrogen-bond donors (Lipinski definition) is 2. The molecule has 7 nitrogen and oxygen atoms in total. The van der Waals surface area contributed by atoms with Crippen molar-refractivity contribution in [3.63, 3.8) is 0 Å². The summed E-state index contributed by atoms with van der Waals surface area (Å²) in [6.07, 6.45) is 0.387. The van der Waals surface area contributed by atoms with Gasteiger partial charge in [-0.3, -0.25) is 14.5 Å². The zero-order chi connectivity index (χ0) is 16.8. The van der Waals surface area contributed by atoms with E-state index in [4.69, 9.17) is 4.74 Å². The van der Waals surface area contributed by atoms with E-state index in [1.807, 2.05) is 29.2 Å². The van der Waals surface area contributed by atoms with E-state index in [-0.39, 0.29) is 11.8 Å². The molecule has 2 amide bonds. The fourth-order valence-electron chi connectivity index (χ4n) is 2.94. The second-order valence-electron chi connectivity index (χ2n) is 6.07. The highest BCUT2D eigenvalue weighted by molar-refractivity contribution is 5.91. The quantitative estimate of drug-likeness (QED) is 0.810. The number of piperazine rings is 1. The number of amides is 2. The normalized spacial score (nSPS) is 19.0. The summed E-state index contributed by atoms with van der Waals surface area (Å²) in [6.45, 7) is 5.74. The number of hydrogen-bond acceptors (Lipinski definition) is 5. The Morgan fingerprint density at radius 1 is 1.17 bits per heavy atom. The minimum atomic E-state index is -0.0277. The number of ether oxygens (including phenoxy) is 1. The molecule has 2 saturated heterocycles. The Kier molecular flexibility index (Phi) is 5.66. The molecule has 2 N–H and O–H groups in total. The van der Waals surface area contributed by atoms with Crippen LogP contribution in [0.3, 0.4) is 0 Å². The van der Waals surface area contributed by atoms with Gasteiger partial charge < -0.3 is 20.3 Å². The zero-order valence-electron chi connectivity index (χ0n) is 13.8. The van der Waals surface area contributed by atoms with Gasteiger partial charge in [0, 0.05) is 50.5 Å². The third-order valence-corrected chi connectivity index (χ3v) is 4.30. The van der Waals surface area contributed by atoms with Crippen molar-refractivity contribution in [1.29, 1.82) is 0 Å². The van der Waals surface area contributed by atoms with E-state index in [9.17, 15) is 9.59 Å². The lowest BCUT2D eigenvalue weighted by atomic mass is 10.2. The molecular weight excluding hydrogens is 308 g/mol. The second kappa shape index (κ2) is 8.12. The first-order valence-electron chi connectivity index (χ1n) is 8.42. The van der Waals surface area contributed by atoms with E-state index in [1.54, 1.807) is 0 Å². The number of anilines is 2. The third-order valence-electron chi connectivity index (χ3n) is 4.30. The fraction of sp³-hybridized carbons (Fsp3) is 0.529. The molecule has 0 aliphatic carbocycles. The third kappa shape index (κ3) is 4.69. The molecule has 0 saturated carbocycles. The Morgan fingerprint density at radius 2 is 1.92 bits per heavy atom. The molecule has 0 aromatic heterocycles. The summed E-state index contributed by atoms with van der Waals surface area (Å²) in [5.74, 6) is 0.000429. The van der Waals surface area contributed by atoms with Gasteiger partial charge in [-0.15, -0.1) is 0 Å². The summed E-state index contributed by atoms with van der Waals surface area (Å²) in [6, 6.07) is 7.90. The Balaban J connectivity index is 1.44. The van der Waals surface area contributed by atoms with Crippen LogP contribution in [0.15, 0.2) is 24.3 Å². The Bertz CT molecular complexity index is 570. The molecule has 0 spiro atoms. The van der Waals surface area contributed by atoms with Crippen molar-refractivity contribution in [2.45, 2.75) is 6.42 Å². The van der Waals surface area contributed by atoms with Crippen molar-refractivity contribution in [3.8, 4) is 0 Å². The molecule has 2 heterocycles. The predicted octanol–water partition coefficient (Wildman–Crippen LogP) is 0.284. The van der Waals surface area contributed by atoms with E-state index >= 15 is 0 Å². The Morgan fingerprint density at radius 3 is 2.62 bits per heavy atom. The first-order valence-corrected chi connectivity index (χ1v) is 8.42. The van der Waals surface area contributed by atoms with Crippen molar-refractivity contribution in [2.24, 2.45) is 0 Å². The highest BCUT2D eigenvalue weighted by Gasteiger charge is 2.16. The largest absolute Gasteiger partial charge is 0.378 e. The van der Waals surface area contributed by atoms with Gasteiger partial charge in [-0.25, -0.2) is 0 Å². The first kappa shape index (κ1) is 16.7. The molecule has 2 aliphatic rings. The van der Waals surface area contributed by atoms with E-state index in [1.165, 1.54) is 0 Å². The molecule has 7 heteroatoms. The summed E-state index contributed by atoms with van der Waals surface area (Å²) in [5, 5.41) is 5.69. The van der Waals surface area contributed by atoms with Gasteiger partial charge in [0.25, 0.3) is 0 Å². The highest BCUT2D eigenvalue weighted by atomic mass is 16.5. The molecular formula is C17H24N4O3. The molecule has 0 bridgehead atoms. The standard InChI is InChI=1S/C17H24N4O3/c22-16(5-7-20-8-6-18-17(23)13-20)19-14-1-3-15(4-2-14)21-9-11-24-12-10-21/h1-4H,5-13H2,(H,18,23)(H,19,22). The molecule has 3 rings (SSSR count). The number of carbonyl (C=O) groups is 2. The lowest BCUT2D eigenvalue weighted by Gasteiger charge is -2.29. The Hall–Kier alpha value is -2.12. The van der Waals surface area contributed by atoms with E-state index < -0.39 is 0 Å². The van der Waals surface area contributed by atoms with Crippen LogP contribution in [0, 0.1) is 0 Å². The van der Waals surface area contributed by atoms with E-state index in [0.29, 0.717) is 26.1 Å². The summed E-state index contributed by atoms with van der Waals surface area (Å²) < 4.78 is 5.35. The average Bonchev–Trinajstić information content (AvgIpc) is 2.61. The topological polar surface area (TPSA) is 73.9 Å². The van der Waals surface area contributed by atoms with Crippen molar-refractivity contribution in [3.05, 3.63) is 24.3 Å². The molecule has 24 heavy (non-hydrogen) atoms. The van der Waals surface area contributed by atoms with Gasteiger partial charge >= 0.3 is 0 Å². The maximum atomic E-state index is 12.1. The van der Waals surface area contributed by atoms with Gasteiger partial charge in [0.15, 0.2) is 0 Å². The lowest BCUT2D eigenvalue weighted by Crippen LogP contribution is -2.48. The minimum Gasteiger partial charge on any atom is -0.378 e. The molecule has 0 unspecified atom stereocenters. The summed E-state index contributed by atoms with van der Waals surface area (Å²) >= 11 is 0. The fourth-order valence-corrected chi connectivity index (χ4v) is 2.94. The maximum Gasteiger partial charge on any atom is 0.234 e. The van der Waals surface area contributed by atoms with Crippen LogP contribution in [0.4, 0.5) is 11.4 Å². The van der Waals surface area contributed by atoms with Gasteiger partial charge in [-0.1, -0.05) is 0 Å². The van der Waals surface area contributed by atoms with Gasteiger partial charge in [0.05, 0.1) is 19.8 Å². The van der Waals surface area contributed by atoms with Crippen LogP contribution in [0.25, 0.3) is 0 Å². The number of rotatable bonds is 5. The van der Waals surface area contributed by atoms with Crippen LogP contribution in [-0.2, 0) is 14.3 Å². The van der Waals surface area contributed by atoms with Gasteiger partial charge in [-0.05, 0) is 24.3 Å². The van der Waals surface area contributed by atoms with Gasteiger partial charge in [-0.2, -0.15) is 0 Å². The number of carbonyl (C=O) groups excluding carboxylic acids is 2. The summed E-state index contributed by atoms with van der Waals surface area (Å²) in [7, 11) is 0. The summed E-state index contributed by atoms with van der Waals surface area (Å²) in [4.78, 5) is 27.6. The monoisotopic (exact) mass is 332 g/mol. The number of nitrogens with one attached hydrogen (secondary N) is 2. The number of morpholine rings is 1. The van der Waals surface area contributed by atoms with Crippen LogP contribution < -0.4 is 15.5 Å². The maximum absolute atomic E-state index is 12.1. The highest BCUT2D eigenvalue weighted by Crippen LogP contribution is 2.19. The van der Waals surface area contributed by atoms with Crippen molar-refractivity contribution in [2.75, 3.05) is 62.7 Å². The molecule has 2 fully saturated rings. The van der Waals surface area contributed by atoms with E-state index in [0.717, 1.165) is 44.2 Å². The molecule has 1 aromatic carbocycles.